The molecule has 0 aliphatic heterocycles. The number of amides is 1. The quantitative estimate of drug-likeness (QED) is 0.581. The number of carbonyl (C=O) groups is 1. The van der Waals surface area contributed by atoms with Gasteiger partial charge in [-0.25, -0.2) is 0 Å². The van der Waals surface area contributed by atoms with Gasteiger partial charge < -0.3 is 10.5 Å². The van der Waals surface area contributed by atoms with E-state index in [4.69, 9.17) is 22.1 Å². The maximum Gasteiger partial charge on any atom is 0.227 e. The van der Waals surface area contributed by atoms with Gasteiger partial charge in [-0.2, -0.15) is 0 Å². The first kappa shape index (κ1) is 19.3. The van der Waals surface area contributed by atoms with Gasteiger partial charge in [-0.05, 0) is 42.3 Å². The fraction of sp³-hybridized carbons (Fsp3) is 0.211. The van der Waals surface area contributed by atoms with Crippen molar-refractivity contribution in [3.8, 4) is 11.4 Å². The number of carbonyl (C=O) groups excluding carboxylic acids is 1. The van der Waals surface area contributed by atoms with E-state index in [0.29, 0.717) is 21.8 Å². The van der Waals surface area contributed by atoms with Gasteiger partial charge >= 0.3 is 0 Å². The summed E-state index contributed by atoms with van der Waals surface area (Å²) in [6, 6.07) is 15.1. The first-order valence-corrected chi connectivity index (χ1v) is 9.77. The van der Waals surface area contributed by atoms with Crippen molar-refractivity contribution in [1.82, 2.24) is 14.8 Å². The zero-order valence-corrected chi connectivity index (χ0v) is 16.3. The Morgan fingerprint density at radius 1 is 1.19 bits per heavy atom. The van der Waals surface area contributed by atoms with Gasteiger partial charge in [0, 0.05) is 5.02 Å². The van der Waals surface area contributed by atoms with Crippen LogP contribution in [-0.4, -0.2) is 26.4 Å². The Morgan fingerprint density at radius 2 is 1.93 bits per heavy atom. The largest absolute Gasteiger partial charge is 0.486 e. The Hall–Kier alpha value is -2.51. The number of rotatable bonds is 8. The standard InChI is InChI=1S/C19H19ClN4O2S/c1-2-13-5-3-4-6-16(13)24-18(22-23-19(24)27-12-17(21)25)11-26-15-9-7-14(20)8-10-15/h3-10H,2,11-12H2,1H3,(H2,21,25). The number of hydrogen-bond acceptors (Lipinski definition) is 5. The third kappa shape index (κ3) is 4.81. The molecule has 0 aliphatic carbocycles. The van der Waals surface area contributed by atoms with Crippen LogP contribution < -0.4 is 10.5 Å². The van der Waals surface area contributed by atoms with Crippen molar-refractivity contribution in [3.05, 3.63) is 64.9 Å². The molecule has 3 aromatic rings. The summed E-state index contributed by atoms with van der Waals surface area (Å²) < 4.78 is 7.76. The lowest BCUT2D eigenvalue weighted by molar-refractivity contribution is -0.115. The minimum Gasteiger partial charge on any atom is -0.486 e. The minimum atomic E-state index is -0.405. The molecule has 0 radical (unpaired) electrons. The van der Waals surface area contributed by atoms with E-state index in [9.17, 15) is 4.79 Å². The van der Waals surface area contributed by atoms with Crippen molar-refractivity contribution in [1.29, 1.82) is 0 Å². The van der Waals surface area contributed by atoms with Crippen LogP contribution in [0.15, 0.2) is 53.7 Å². The molecule has 6 nitrogen and oxygen atoms in total. The van der Waals surface area contributed by atoms with Crippen LogP contribution in [0.1, 0.15) is 18.3 Å². The summed E-state index contributed by atoms with van der Waals surface area (Å²) in [4.78, 5) is 11.2. The lowest BCUT2D eigenvalue weighted by Gasteiger charge is -2.14. The summed E-state index contributed by atoms with van der Waals surface area (Å²) >= 11 is 7.16. The molecule has 0 saturated carbocycles. The van der Waals surface area contributed by atoms with Crippen molar-refractivity contribution in [2.45, 2.75) is 25.1 Å². The van der Waals surface area contributed by atoms with E-state index in [1.54, 1.807) is 24.3 Å². The number of benzene rings is 2. The highest BCUT2D eigenvalue weighted by molar-refractivity contribution is 7.99. The van der Waals surface area contributed by atoms with Gasteiger partial charge in [0.1, 0.15) is 12.4 Å². The SMILES string of the molecule is CCc1ccccc1-n1c(COc2ccc(Cl)cc2)nnc1SCC(N)=O. The maximum absolute atomic E-state index is 11.2. The lowest BCUT2D eigenvalue weighted by atomic mass is 10.1. The molecule has 3 rings (SSSR count). The number of hydrogen-bond donors (Lipinski definition) is 1. The van der Waals surface area contributed by atoms with E-state index in [0.717, 1.165) is 17.7 Å². The zero-order valence-electron chi connectivity index (χ0n) is 14.8. The number of nitrogens with two attached hydrogens (primary N) is 1. The number of ether oxygens (including phenoxy) is 1. The predicted molar refractivity (Wildman–Crippen MR) is 106 cm³/mol. The molecule has 0 spiro atoms. The number of aryl methyl sites for hydroxylation is 1. The maximum atomic E-state index is 11.2. The second-order valence-corrected chi connectivity index (χ2v) is 7.09. The molecule has 140 valence electrons. The summed E-state index contributed by atoms with van der Waals surface area (Å²) in [7, 11) is 0. The summed E-state index contributed by atoms with van der Waals surface area (Å²) in [5.41, 5.74) is 7.40. The van der Waals surface area contributed by atoms with E-state index >= 15 is 0 Å². The molecule has 1 aromatic heterocycles. The molecule has 1 heterocycles. The highest BCUT2D eigenvalue weighted by Gasteiger charge is 2.17. The monoisotopic (exact) mass is 402 g/mol. The highest BCUT2D eigenvalue weighted by atomic mass is 35.5. The first-order valence-electron chi connectivity index (χ1n) is 8.40. The van der Waals surface area contributed by atoms with Gasteiger partial charge in [0.15, 0.2) is 11.0 Å². The number of thioether (sulfide) groups is 1. The number of primary amides is 1. The summed E-state index contributed by atoms with van der Waals surface area (Å²) in [5.74, 6) is 1.05. The molecular formula is C19H19ClN4O2S. The molecule has 1 amide bonds. The van der Waals surface area contributed by atoms with Crippen LogP contribution in [0.4, 0.5) is 0 Å². The smallest absolute Gasteiger partial charge is 0.227 e. The molecule has 8 heteroatoms. The molecule has 0 bridgehead atoms. The third-order valence-corrected chi connectivity index (χ3v) is 5.04. The zero-order chi connectivity index (χ0) is 19.2. The Balaban J connectivity index is 1.93. The Bertz CT molecular complexity index is 928. The number of nitrogens with zero attached hydrogens (tertiary/aromatic N) is 3. The molecular weight excluding hydrogens is 384 g/mol. The molecule has 0 saturated heterocycles. The molecule has 0 fully saturated rings. The third-order valence-electron chi connectivity index (χ3n) is 3.84. The van der Waals surface area contributed by atoms with Crippen molar-refractivity contribution >= 4 is 29.3 Å². The van der Waals surface area contributed by atoms with Gasteiger partial charge in [0.25, 0.3) is 0 Å². The van der Waals surface area contributed by atoms with Gasteiger partial charge in [-0.15, -0.1) is 10.2 Å². The minimum absolute atomic E-state index is 0.129. The number of aromatic nitrogens is 3. The number of para-hydroxylation sites is 1. The normalized spacial score (nSPS) is 10.7. The second-order valence-electron chi connectivity index (χ2n) is 5.71. The summed E-state index contributed by atoms with van der Waals surface area (Å²) in [5, 5.41) is 9.75. The first-order chi connectivity index (χ1) is 13.1. The van der Waals surface area contributed by atoms with Crippen LogP contribution in [0.5, 0.6) is 5.75 Å². The average molecular weight is 403 g/mol. The fourth-order valence-electron chi connectivity index (χ4n) is 2.57. The second kappa shape index (κ2) is 8.92. The molecule has 27 heavy (non-hydrogen) atoms. The summed E-state index contributed by atoms with van der Waals surface area (Å²) in [6.45, 7) is 2.31. The molecule has 2 aromatic carbocycles. The number of halogens is 1. The van der Waals surface area contributed by atoms with E-state index < -0.39 is 5.91 Å². The van der Waals surface area contributed by atoms with Crippen LogP contribution in [-0.2, 0) is 17.8 Å². The molecule has 0 aliphatic rings. The average Bonchev–Trinajstić information content (AvgIpc) is 3.08. The highest BCUT2D eigenvalue weighted by Crippen LogP contribution is 2.26. The van der Waals surface area contributed by atoms with E-state index in [1.807, 2.05) is 22.8 Å². The van der Waals surface area contributed by atoms with Gasteiger partial charge in [-0.3, -0.25) is 9.36 Å². The fourth-order valence-corrected chi connectivity index (χ4v) is 3.40. The van der Waals surface area contributed by atoms with Crippen molar-refractivity contribution in [3.63, 3.8) is 0 Å². The van der Waals surface area contributed by atoms with Crippen LogP contribution in [0, 0.1) is 0 Å². The summed E-state index contributed by atoms with van der Waals surface area (Å²) in [6.07, 6.45) is 0.853. The van der Waals surface area contributed by atoms with E-state index in [-0.39, 0.29) is 12.4 Å². The van der Waals surface area contributed by atoms with Crippen LogP contribution in [0.25, 0.3) is 5.69 Å². The van der Waals surface area contributed by atoms with Crippen LogP contribution >= 0.6 is 23.4 Å². The van der Waals surface area contributed by atoms with Crippen LogP contribution in [0.3, 0.4) is 0 Å². The Kier molecular flexibility index (Phi) is 6.36. The van der Waals surface area contributed by atoms with Crippen molar-refractivity contribution < 1.29 is 9.53 Å². The van der Waals surface area contributed by atoms with Gasteiger partial charge in [-0.1, -0.05) is 48.5 Å². The van der Waals surface area contributed by atoms with Gasteiger partial charge in [0.2, 0.25) is 5.91 Å². The van der Waals surface area contributed by atoms with Crippen molar-refractivity contribution in [2.75, 3.05) is 5.75 Å². The topological polar surface area (TPSA) is 83.0 Å². The van der Waals surface area contributed by atoms with E-state index in [2.05, 4.69) is 23.2 Å². The predicted octanol–water partition coefficient (Wildman–Crippen LogP) is 3.64. The molecule has 0 atom stereocenters. The lowest BCUT2D eigenvalue weighted by Crippen LogP contribution is -2.14. The molecule has 0 unspecified atom stereocenters. The molecule has 2 N–H and O–H groups in total. The van der Waals surface area contributed by atoms with Gasteiger partial charge in [0.05, 0.1) is 11.4 Å². The van der Waals surface area contributed by atoms with Crippen LogP contribution in [0.2, 0.25) is 5.02 Å². The Labute approximate surface area is 166 Å². The van der Waals surface area contributed by atoms with E-state index in [1.165, 1.54) is 11.8 Å². The Morgan fingerprint density at radius 3 is 2.63 bits per heavy atom. The van der Waals surface area contributed by atoms with Crippen molar-refractivity contribution in [2.24, 2.45) is 5.73 Å².